The number of nitrogen functional groups attached to an aromatic ring is 1. The minimum absolute atomic E-state index is 0.0426. The molecule has 1 aliphatic rings. The van der Waals surface area contributed by atoms with Gasteiger partial charge in [0.1, 0.15) is 30.2 Å². The Hall–Kier alpha value is -3.32. The van der Waals surface area contributed by atoms with Crippen LogP contribution in [0.15, 0.2) is 36.9 Å². The number of benzene rings is 1. The third-order valence-electron chi connectivity index (χ3n) is 6.40. The Morgan fingerprint density at radius 1 is 1.19 bits per heavy atom. The van der Waals surface area contributed by atoms with Crippen molar-refractivity contribution in [1.82, 2.24) is 24.4 Å². The van der Waals surface area contributed by atoms with Gasteiger partial charge in [-0.3, -0.25) is 9.88 Å². The number of likely N-dealkylation sites (N-methyl/N-ethyl adjacent to an activating group) is 1. The summed E-state index contributed by atoms with van der Waals surface area (Å²) >= 11 is 0. The van der Waals surface area contributed by atoms with Crippen LogP contribution in [0.2, 0.25) is 0 Å². The average molecular weight is 514 g/mol. The van der Waals surface area contributed by atoms with E-state index in [1.54, 1.807) is 4.57 Å². The Labute approximate surface area is 215 Å². The van der Waals surface area contributed by atoms with Crippen LogP contribution in [0, 0.1) is 0 Å². The number of nitrogens with one attached hydrogen (secondary N) is 1. The highest BCUT2D eigenvalue weighted by Gasteiger charge is 2.44. The molecule has 12 nitrogen and oxygen atoms in total. The lowest BCUT2D eigenvalue weighted by atomic mass is 9.87. The summed E-state index contributed by atoms with van der Waals surface area (Å²) in [6.07, 6.45) is -0.924. The lowest BCUT2D eigenvalue weighted by Crippen LogP contribution is -2.39. The molecule has 0 bridgehead atoms. The minimum Gasteiger partial charge on any atom is -0.449 e. The third kappa shape index (κ3) is 6.16. The van der Waals surface area contributed by atoms with Crippen LogP contribution in [0.1, 0.15) is 39.0 Å². The molecule has 3 aromatic rings. The van der Waals surface area contributed by atoms with Gasteiger partial charge >= 0.3 is 6.09 Å². The summed E-state index contributed by atoms with van der Waals surface area (Å²) in [5.74, 6) is 0.224. The van der Waals surface area contributed by atoms with Crippen LogP contribution in [0.3, 0.4) is 0 Å². The van der Waals surface area contributed by atoms with Crippen LogP contribution >= 0.6 is 0 Å². The minimum atomic E-state index is -1.17. The average Bonchev–Trinajstić information content (AvgIpc) is 3.39. The monoisotopic (exact) mass is 513 g/mol. The highest BCUT2D eigenvalue weighted by molar-refractivity contribution is 5.84. The number of carbonyl (C=O) groups excluding carboxylic acids is 1. The van der Waals surface area contributed by atoms with Crippen LogP contribution in [0.4, 0.5) is 16.3 Å². The van der Waals surface area contributed by atoms with Gasteiger partial charge in [0.25, 0.3) is 0 Å². The predicted octanol–water partition coefficient (Wildman–Crippen LogP) is 1.90. The number of nitrogens with two attached hydrogens (primary N) is 1. The maximum absolute atomic E-state index is 12.1. The molecule has 0 saturated carbocycles. The van der Waals surface area contributed by atoms with Crippen molar-refractivity contribution >= 4 is 28.8 Å². The molecule has 2 aromatic heterocycles. The number of hydrogen-bond donors (Lipinski definition) is 4. The largest absolute Gasteiger partial charge is 0.449 e. The van der Waals surface area contributed by atoms with Crippen LogP contribution in [-0.4, -0.2) is 85.8 Å². The molecule has 4 atom stereocenters. The van der Waals surface area contributed by atoms with Gasteiger partial charge in [-0.15, -0.1) is 0 Å². The lowest BCUT2D eigenvalue weighted by Gasteiger charge is -2.22. The van der Waals surface area contributed by atoms with Gasteiger partial charge in [-0.1, -0.05) is 32.9 Å². The summed E-state index contributed by atoms with van der Waals surface area (Å²) in [7, 11) is 1.87. The number of rotatable bonds is 8. The zero-order valence-corrected chi connectivity index (χ0v) is 21.5. The van der Waals surface area contributed by atoms with Gasteiger partial charge in [0.15, 0.2) is 17.7 Å². The molecule has 1 fully saturated rings. The fourth-order valence-corrected chi connectivity index (χ4v) is 4.27. The fourth-order valence-electron chi connectivity index (χ4n) is 4.27. The summed E-state index contributed by atoms with van der Waals surface area (Å²) in [5.41, 5.74) is 8.55. The Morgan fingerprint density at radius 2 is 1.92 bits per heavy atom. The van der Waals surface area contributed by atoms with E-state index in [0.29, 0.717) is 36.4 Å². The molecule has 4 unspecified atom stereocenters. The van der Waals surface area contributed by atoms with Crippen LogP contribution < -0.4 is 11.1 Å². The van der Waals surface area contributed by atoms with Crippen molar-refractivity contribution in [3.8, 4) is 0 Å². The zero-order valence-electron chi connectivity index (χ0n) is 21.5. The first kappa shape index (κ1) is 26.7. The number of imidazole rings is 1. The SMILES string of the molecule is CN(CCCOC(=O)Nc1ccc(C(C)(C)C)cc1)CC1OC(n2cnc3c(N)ncnc32)C(O)C1O. The van der Waals surface area contributed by atoms with Gasteiger partial charge < -0.3 is 30.3 Å². The molecule has 0 spiro atoms. The normalized spacial score (nSPS) is 22.0. The first-order valence-corrected chi connectivity index (χ1v) is 12.2. The van der Waals surface area contributed by atoms with E-state index in [4.69, 9.17) is 15.2 Å². The van der Waals surface area contributed by atoms with E-state index in [-0.39, 0.29) is 17.8 Å². The molecule has 4 rings (SSSR count). The van der Waals surface area contributed by atoms with Crippen molar-refractivity contribution in [3.63, 3.8) is 0 Å². The molecule has 1 aliphatic heterocycles. The van der Waals surface area contributed by atoms with Gasteiger partial charge in [0, 0.05) is 18.8 Å². The zero-order chi connectivity index (χ0) is 26.7. The number of hydrogen-bond acceptors (Lipinski definition) is 10. The van der Waals surface area contributed by atoms with E-state index >= 15 is 0 Å². The smallest absolute Gasteiger partial charge is 0.411 e. The number of fused-ring (bicyclic) bond motifs is 1. The molecular formula is C25H35N7O5. The number of aromatic nitrogens is 4. The summed E-state index contributed by atoms with van der Waals surface area (Å²) < 4.78 is 12.8. The van der Waals surface area contributed by atoms with E-state index in [2.05, 4.69) is 41.0 Å². The molecule has 1 aromatic carbocycles. The number of ether oxygens (including phenoxy) is 2. The van der Waals surface area contributed by atoms with Gasteiger partial charge in [0.05, 0.1) is 12.9 Å². The Balaban J connectivity index is 1.21. The second kappa shape index (κ2) is 11.0. The molecule has 1 saturated heterocycles. The number of anilines is 2. The molecule has 37 heavy (non-hydrogen) atoms. The van der Waals surface area contributed by atoms with E-state index in [9.17, 15) is 15.0 Å². The van der Waals surface area contributed by atoms with E-state index < -0.39 is 30.6 Å². The Morgan fingerprint density at radius 3 is 2.62 bits per heavy atom. The Kier molecular flexibility index (Phi) is 7.93. The molecule has 0 radical (unpaired) electrons. The van der Waals surface area contributed by atoms with Crippen LogP contribution in [-0.2, 0) is 14.9 Å². The lowest BCUT2D eigenvalue weighted by molar-refractivity contribution is -0.0424. The van der Waals surface area contributed by atoms with Gasteiger partial charge in [-0.2, -0.15) is 0 Å². The summed E-state index contributed by atoms with van der Waals surface area (Å²) in [5, 5.41) is 23.9. The maximum atomic E-state index is 12.1. The summed E-state index contributed by atoms with van der Waals surface area (Å²) in [4.78, 5) is 26.3. The highest BCUT2D eigenvalue weighted by Crippen LogP contribution is 2.32. The standard InChI is InChI=1S/C25H35N7O5/c1-25(2,3)15-6-8-16(9-7-15)30-24(35)36-11-5-10-31(4)12-17-19(33)20(34)23(37-17)32-14-29-18-21(26)27-13-28-22(18)32/h6-9,13-14,17,19-20,23,33-34H,5,10-12H2,1-4H3,(H,30,35)(H2,26,27,28). The van der Waals surface area contributed by atoms with E-state index in [1.807, 2.05) is 36.2 Å². The number of nitrogens with zero attached hydrogens (tertiary/aromatic N) is 5. The number of aliphatic hydroxyl groups is 2. The summed E-state index contributed by atoms with van der Waals surface area (Å²) in [6, 6.07) is 7.70. The highest BCUT2D eigenvalue weighted by atomic mass is 16.6. The second-order valence-corrected chi connectivity index (χ2v) is 10.3. The third-order valence-corrected chi connectivity index (χ3v) is 6.40. The summed E-state index contributed by atoms with van der Waals surface area (Å²) in [6.45, 7) is 7.60. The first-order chi connectivity index (χ1) is 17.5. The van der Waals surface area contributed by atoms with Crippen molar-refractivity contribution in [2.75, 3.05) is 37.8 Å². The van der Waals surface area contributed by atoms with Gasteiger partial charge in [-0.05, 0) is 36.6 Å². The molecular weight excluding hydrogens is 478 g/mol. The molecule has 3 heterocycles. The van der Waals surface area contributed by atoms with Crippen molar-refractivity contribution in [3.05, 3.63) is 42.5 Å². The maximum Gasteiger partial charge on any atom is 0.411 e. The first-order valence-electron chi connectivity index (χ1n) is 12.2. The van der Waals surface area contributed by atoms with Gasteiger partial charge in [0.2, 0.25) is 0 Å². The predicted molar refractivity (Wildman–Crippen MR) is 138 cm³/mol. The van der Waals surface area contributed by atoms with E-state index in [1.165, 1.54) is 18.2 Å². The fraction of sp³-hybridized carbons (Fsp3) is 0.520. The molecule has 0 aliphatic carbocycles. The van der Waals surface area contributed by atoms with Crippen molar-refractivity contribution in [2.24, 2.45) is 0 Å². The molecule has 200 valence electrons. The van der Waals surface area contributed by atoms with Crippen LogP contribution in [0.5, 0.6) is 0 Å². The van der Waals surface area contributed by atoms with Crippen molar-refractivity contribution in [2.45, 2.75) is 57.1 Å². The number of carbonyl (C=O) groups is 1. The topological polar surface area (TPSA) is 161 Å². The number of amides is 1. The van der Waals surface area contributed by atoms with Crippen LogP contribution in [0.25, 0.3) is 11.2 Å². The number of aliphatic hydroxyl groups excluding tert-OH is 2. The molecule has 12 heteroatoms. The molecule has 5 N–H and O–H groups in total. The van der Waals surface area contributed by atoms with Gasteiger partial charge in [-0.25, -0.2) is 19.7 Å². The van der Waals surface area contributed by atoms with E-state index in [0.717, 1.165) is 0 Å². The quantitative estimate of drug-likeness (QED) is 0.327. The van der Waals surface area contributed by atoms with Crippen molar-refractivity contribution < 1.29 is 24.5 Å². The molecule has 1 amide bonds. The Bertz CT molecular complexity index is 1210. The van der Waals surface area contributed by atoms with Crippen molar-refractivity contribution in [1.29, 1.82) is 0 Å². The second-order valence-electron chi connectivity index (χ2n) is 10.3.